The van der Waals surface area contributed by atoms with Crippen molar-refractivity contribution in [2.24, 2.45) is 0 Å². The maximum atomic E-state index is 12.3. The topological polar surface area (TPSA) is 58.6 Å². The molecule has 2 amide bonds. The molecule has 134 valence electrons. The zero-order valence-electron chi connectivity index (χ0n) is 14.9. The summed E-state index contributed by atoms with van der Waals surface area (Å²) >= 11 is 0. The lowest BCUT2D eigenvalue weighted by atomic mass is 10.1. The number of ether oxygens (including phenoxy) is 1. The van der Waals surface area contributed by atoms with Crippen LogP contribution in [0.15, 0.2) is 54.6 Å². The van der Waals surface area contributed by atoms with Crippen LogP contribution in [-0.2, 0) is 9.59 Å². The summed E-state index contributed by atoms with van der Waals surface area (Å²) < 4.78 is 5.71. The number of hydrogen-bond donors (Lipinski definition) is 1. The van der Waals surface area contributed by atoms with Crippen LogP contribution in [0.4, 0.5) is 11.4 Å². The number of benzene rings is 2. The molecule has 1 heterocycles. The fraction of sp³-hybridized carbons (Fsp3) is 0.238. The third-order valence-corrected chi connectivity index (χ3v) is 4.11. The van der Waals surface area contributed by atoms with E-state index in [0.29, 0.717) is 18.0 Å². The smallest absolute Gasteiger partial charge is 0.267 e. The SMILES string of the molecule is CCCN1C(=O)C(C)Oc2cc(NC(=O)/C=C/c3ccccc3)ccc21. The number of carbonyl (C=O) groups is 2. The van der Waals surface area contributed by atoms with E-state index in [2.05, 4.69) is 5.32 Å². The first-order valence-electron chi connectivity index (χ1n) is 8.74. The van der Waals surface area contributed by atoms with Crippen LogP contribution in [-0.4, -0.2) is 24.5 Å². The van der Waals surface area contributed by atoms with E-state index in [1.165, 1.54) is 6.08 Å². The number of nitrogens with zero attached hydrogens (tertiary/aromatic N) is 1. The van der Waals surface area contributed by atoms with Crippen LogP contribution in [0, 0.1) is 0 Å². The van der Waals surface area contributed by atoms with E-state index >= 15 is 0 Å². The minimum atomic E-state index is -0.530. The van der Waals surface area contributed by atoms with E-state index in [9.17, 15) is 9.59 Å². The van der Waals surface area contributed by atoms with Gasteiger partial charge in [0.2, 0.25) is 5.91 Å². The average molecular weight is 350 g/mol. The van der Waals surface area contributed by atoms with Crippen molar-refractivity contribution >= 4 is 29.3 Å². The van der Waals surface area contributed by atoms with Crippen LogP contribution < -0.4 is 15.0 Å². The summed E-state index contributed by atoms with van der Waals surface area (Å²) in [5.74, 6) is 0.344. The van der Waals surface area contributed by atoms with Gasteiger partial charge in [-0.15, -0.1) is 0 Å². The Morgan fingerprint density at radius 1 is 1.23 bits per heavy atom. The Bertz CT molecular complexity index is 830. The lowest BCUT2D eigenvalue weighted by Gasteiger charge is -2.33. The van der Waals surface area contributed by atoms with Gasteiger partial charge in [0, 0.05) is 24.4 Å². The standard InChI is InChI=1S/C21H22N2O3/c1-3-13-23-18-11-10-17(14-19(18)26-15(2)21(23)25)22-20(24)12-9-16-7-5-4-6-8-16/h4-12,14-15H,3,13H2,1-2H3,(H,22,24)/b12-9+. The fourth-order valence-electron chi connectivity index (χ4n) is 2.86. The molecule has 0 aromatic heterocycles. The minimum Gasteiger partial charge on any atom is -0.479 e. The Labute approximate surface area is 153 Å². The summed E-state index contributed by atoms with van der Waals surface area (Å²) in [7, 11) is 0. The summed E-state index contributed by atoms with van der Waals surface area (Å²) in [5, 5.41) is 2.83. The number of anilines is 2. The molecule has 1 N–H and O–H groups in total. The number of nitrogens with one attached hydrogen (secondary N) is 1. The molecule has 26 heavy (non-hydrogen) atoms. The second-order valence-corrected chi connectivity index (χ2v) is 6.17. The predicted octanol–water partition coefficient (Wildman–Crippen LogP) is 3.86. The predicted molar refractivity (Wildman–Crippen MR) is 103 cm³/mol. The summed E-state index contributed by atoms with van der Waals surface area (Å²) in [6, 6.07) is 15.0. The lowest BCUT2D eigenvalue weighted by molar-refractivity contribution is -0.125. The third-order valence-electron chi connectivity index (χ3n) is 4.11. The van der Waals surface area contributed by atoms with Crippen LogP contribution in [0.5, 0.6) is 5.75 Å². The van der Waals surface area contributed by atoms with Crippen LogP contribution >= 0.6 is 0 Å². The molecular weight excluding hydrogens is 328 g/mol. The Hall–Kier alpha value is -3.08. The van der Waals surface area contributed by atoms with E-state index in [0.717, 1.165) is 17.7 Å². The molecule has 0 spiro atoms. The van der Waals surface area contributed by atoms with Gasteiger partial charge in [0.25, 0.3) is 5.91 Å². The second-order valence-electron chi connectivity index (χ2n) is 6.17. The van der Waals surface area contributed by atoms with Gasteiger partial charge in [-0.3, -0.25) is 9.59 Å². The van der Waals surface area contributed by atoms with Crippen molar-refractivity contribution in [2.75, 3.05) is 16.8 Å². The molecule has 0 aliphatic carbocycles. The normalized spacial score (nSPS) is 16.3. The van der Waals surface area contributed by atoms with Crippen molar-refractivity contribution in [3.8, 4) is 5.75 Å². The van der Waals surface area contributed by atoms with Gasteiger partial charge in [-0.1, -0.05) is 37.3 Å². The molecule has 5 heteroatoms. The lowest BCUT2D eigenvalue weighted by Crippen LogP contribution is -2.44. The van der Waals surface area contributed by atoms with Gasteiger partial charge in [-0.05, 0) is 37.1 Å². The second kappa shape index (κ2) is 7.87. The van der Waals surface area contributed by atoms with Crippen LogP contribution in [0.3, 0.4) is 0 Å². The van der Waals surface area contributed by atoms with Crippen molar-refractivity contribution in [1.29, 1.82) is 0 Å². The number of rotatable bonds is 5. The zero-order valence-corrected chi connectivity index (χ0v) is 14.9. The molecule has 1 atom stereocenters. The van der Waals surface area contributed by atoms with Crippen molar-refractivity contribution in [1.82, 2.24) is 0 Å². The highest BCUT2D eigenvalue weighted by atomic mass is 16.5. The molecule has 0 saturated carbocycles. The number of amides is 2. The van der Waals surface area contributed by atoms with Gasteiger partial charge < -0.3 is 15.0 Å². The van der Waals surface area contributed by atoms with Crippen molar-refractivity contribution in [3.05, 3.63) is 60.2 Å². The molecule has 1 unspecified atom stereocenters. The quantitative estimate of drug-likeness (QED) is 0.833. The highest BCUT2D eigenvalue weighted by Crippen LogP contribution is 2.36. The zero-order chi connectivity index (χ0) is 18.5. The van der Waals surface area contributed by atoms with E-state index < -0.39 is 6.10 Å². The molecular formula is C21H22N2O3. The first-order valence-corrected chi connectivity index (χ1v) is 8.74. The maximum absolute atomic E-state index is 12.3. The van der Waals surface area contributed by atoms with Gasteiger partial charge in [0.05, 0.1) is 5.69 Å². The van der Waals surface area contributed by atoms with Gasteiger partial charge >= 0.3 is 0 Å². The average Bonchev–Trinajstić information content (AvgIpc) is 2.64. The van der Waals surface area contributed by atoms with Crippen LogP contribution in [0.2, 0.25) is 0 Å². The van der Waals surface area contributed by atoms with E-state index in [1.54, 1.807) is 30.0 Å². The molecule has 0 fully saturated rings. The Kier molecular flexibility index (Phi) is 5.37. The number of hydrogen-bond acceptors (Lipinski definition) is 3. The highest BCUT2D eigenvalue weighted by molar-refractivity contribution is 6.03. The molecule has 0 saturated heterocycles. The molecule has 0 radical (unpaired) electrons. The summed E-state index contributed by atoms with van der Waals surface area (Å²) in [4.78, 5) is 26.2. The summed E-state index contributed by atoms with van der Waals surface area (Å²) in [6.07, 6.45) is 3.58. The Balaban J connectivity index is 1.74. The van der Waals surface area contributed by atoms with Gasteiger partial charge in [0.15, 0.2) is 6.10 Å². The number of carbonyl (C=O) groups excluding carboxylic acids is 2. The molecule has 2 aromatic rings. The summed E-state index contributed by atoms with van der Waals surface area (Å²) in [6.45, 7) is 4.41. The number of fused-ring (bicyclic) bond motifs is 1. The molecule has 1 aliphatic rings. The van der Waals surface area contributed by atoms with E-state index in [1.807, 2.05) is 43.3 Å². The largest absolute Gasteiger partial charge is 0.479 e. The van der Waals surface area contributed by atoms with Gasteiger partial charge in [-0.2, -0.15) is 0 Å². The Morgan fingerprint density at radius 2 is 2.00 bits per heavy atom. The third kappa shape index (κ3) is 3.94. The van der Waals surface area contributed by atoms with E-state index in [4.69, 9.17) is 4.74 Å². The molecule has 1 aliphatic heterocycles. The van der Waals surface area contributed by atoms with Crippen LogP contribution in [0.25, 0.3) is 6.08 Å². The van der Waals surface area contributed by atoms with Crippen LogP contribution in [0.1, 0.15) is 25.8 Å². The Morgan fingerprint density at radius 3 is 2.73 bits per heavy atom. The van der Waals surface area contributed by atoms with Gasteiger partial charge in [-0.25, -0.2) is 0 Å². The van der Waals surface area contributed by atoms with Crippen molar-refractivity contribution < 1.29 is 14.3 Å². The monoisotopic (exact) mass is 350 g/mol. The summed E-state index contributed by atoms with van der Waals surface area (Å²) in [5.41, 5.74) is 2.33. The highest BCUT2D eigenvalue weighted by Gasteiger charge is 2.31. The van der Waals surface area contributed by atoms with Crippen molar-refractivity contribution in [3.63, 3.8) is 0 Å². The first kappa shape index (κ1) is 17.7. The molecule has 0 bridgehead atoms. The minimum absolute atomic E-state index is 0.0399. The molecule has 3 rings (SSSR count). The van der Waals surface area contributed by atoms with Gasteiger partial charge in [0.1, 0.15) is 5.75 Å². The maximum Gasteiger partial charge on any atom is 0.267 e. The van der Waals surface area contributed by atoms with Crippen molar-refractivity contribution in [2.45, 2.75) is 26.4 Å². The fourth-order valence-corrected chi connectivity index (χ4v) is 2.86. The molecule has 5 nitrogen and oxygen atoms in total. The molecule has 2 aromatic carbocycles. The first-order chi connectivity index (χ1) is 12.6. The van der Waals surface area contributed by atoms with E-state index in [-0.39, 0.29) is 11.8 Å².